The van der Waals surface area contributed by atoms with E-state index in [2.05, 4.69) is 27.1 Å². The van der Waals surface area contributed by atoms with Crippen molar-refractivity contribution in [3.8, 4) is 0 Å². The number of rotatable bonds is 6. The molecule has 6 heteroatoms. The number of aromatic amines is 1. The lowest BCUT2D eigenvalue weighted by molar-refractivity contribution is 0.0933. The summed E-state index contributed by atoms with van der Waals surface area (Å²) < 4.78 is 5.58. The molecule has 1 saturated heterocycles. The summed E-state index contributed by atoms with van der Waals surface area (Å²) in [5, 5.41) is 3.42. The number of hydrogen-bond acceptors (Lipinski definition) is 5. The Labute approximate surface area is 125 Å². The first-order valence-corrected chi connectivity index (χ1v) is 7.78. The summed E-state index contributed by atoms with van der Waals surface area (Å²) in [5.41, 5.74) is -0.0875. The minimum absolute atomic E-state index is 0.0875. The van der Waals surface area contributed by atoms with Crippen LogP contribution in [0.5, 0.6) is 0 Å². The Kier molecular flexibility index (Phi) is 5.76. The number of nitrogens with one attached hydrogen (secondary N) is 2. The molecular formula is C15H26N4O2. The monoisotopic (exact) mass is 294 g/mol. The smallest absolute Gasteiger partial charge is 0.252 e. The van der Waals surface area contributed by atoms with Crippen molar-refractivity contribution in [2.24, 2.45) is 0 Å². The van der Waals surface area contributed by atoms with Gasteiger partial charge in [-0.25, -0.2) is 4.98 Å². The van der Waals surface area contributed by atoms with E-state index in [1.54, 1.807) is 6.07 Å². The molecule has 0 radical (unpaired) electrons. The standard InChI is InChI=1S/C15H26N4O2/c1-4-5-16-9-12-10-21-7-6-19(12)13-8-14(20)18-15(17-13)11(2)3/h8,11-12,16H,4-7,9-10H2,1-3H3,(H,17,18,20). The minimum Gasteiger partial charge on any atom is -0.377 e. The van der Waals surface area contributed by atoms with Gasteiger partial charge in [0.2, 0.25) is 0 Å². The lowest BCUT2D eigenvalue weighted by Gasteiger charge is -2.36. The average molecular weight is 294 g/mol. The molecule has 0 aliphatic carbocycles. The molecule has 1 aromatic rings. The summed E-state index contributed by atoms with van der Waals surface area (Å²) in [6, 6.07) is 1.81. The van der Waals surface area contributed by atoms with E-state index in [1.165, 1.54) is 0 Å². The van der Waals surface area contributed by atoms with Gasteiger partial charge < -0.3 is 19.9 Å². The Morgan fingerprint density at radius 1 is 1.57 bits per heavy atom. The average Bonchev–Trinajstić information content (AvgIpc) is 2.47. The third-order valence-corrected chi connectivity index (χ3v) is 3.62. The largest absolute Gasteiger partial charge is 0.377 e. The van der Waals surface area contributed by atoms with Gasteiger partial charge >= 0.3 is 0 Å². The van der Waals surface area contributed by atoms with Crippen LogP contribution in [-0.2, 0) is 4.74 Å². The zero-order chi connectivity index (χ0) is 15.2. The maximum atomic E-state index is 11.9. The van der Waals surface area contributed by atoms with E-state index in [0.717, 1.165) is 37.7 Å². The number of nitrogens with zero attached hydrogens (tertiary/aromatic N) is 2. The van der Waals surface area contributed by atoms with Crippen LogP contribution in [0.4, 0.5) is 5.82 Å². The molecule has 118 valence electrons. The highest BCUT2D eigenvalue weighted by molar-refractivity contribution is 5.40. The Bertz CT molecular complexity index is 501. The first-order valence-electron chi connectivity index (χ1n) is 7.78. The van der Waals surface area contributed by atoms with Crippen molar-refractivity contribution in [1.82, 2.24) is 15.3 Å². The molecule has 1 aromatic heterocycles. The van der Waals surface area contributed by atoms with Gasteiger partial charge in [0, 0.05) is 25.1 Å². The summed E-state index contributed by atoms with van der Waals surface area (Å²) >= 11 is 0. The van der Waals surface area contributed by atoms with Crippen LogP contribution in [0.15, 0.2) is 10.9 Å². The summed E-state index contributed by atoms with van der Waals surface area (Å²) in [6.07, 6.45) is 1.11. The predicted octanol–water partition coefficient (Wildman–Crippen LogP) is 1.10. The molecule has 2 N–H and O–H groups in total. The Morgan fingerprint density at radius 3 is 3.10 bits per heavy atom. The van der Waals surface area contributed by atoms with Crippen LogP contribution in [0, 0.1) is 0 Å². The fourth-order valence-corrected chi connectivity index (χ4v) is 2.45. The molecule has 21 heavy (non-hydrogen) atoms. The van der Waals surface area contributed by atoms with Gasteiger partial charge in [-0.1, -0.05) is 20.8 Å². The number of hydrogen-bond donors (Lipinski definition) is 2. The number of ether oxygens (including phenoxy) is 1. The molecule has 1 fully saturated rings. The summed E-state index contributed by atoms with van der Waals surface area (Å²) in [7, 11) is 0. The Hall–Kier alpha value is -1.40. The molecule has 1 aliphatic heterocycles. The van der Waals surface area contributed by atoms with E-state index in [-0.39, 0.29) is 17.5 Å². The zero-order valence-corrected chi connectivity index (χ0v) is 13.2. The van der Waals surface area contributed by atoms with Crippen LogP contribution < -0.4 is 15.8 Å². The highest BCUT2D eigenvalue weighted by Crippen LogP contribution is 2.17. The Balaban J connectivity index is 2.18. The maximum absolute atomic E-state index is 11.9. The lowest BCUT2D eigenvalue weighted by atomic mass is 10.2. The SMILES string of the molecule is CCCNCC1COCCN1c1cc(=O)[nH]c(C(C)C)n1. The van der Waals surface area contributed by atoms with Crippen molar-refractivity contribution in [3.63, 3.8) is 0 Å². The molecule has 0 aromatic carbocycles. The number of morpholine rings is 1. The molecule has 2 heterocycles. The van der Waals surface area contributed by atoms with Gasteiger partial charge in [-0.05, 0) is 13.0 Å². The molecule has 1 unspecified atom stereocenters. The van der Waals surface area contributed by atoms with Crippen LogP contribution in [-0.4, -0.2) is 48.9 Å². The fraction of sp³-hybridized carbons (Fsp3) is 0.733. The van der Waals surface area contributed by atoms with E-state index in [4.69, 9.17) is 4.74 Å². The van der Waals surface area contributed by atoms with E-state index in [9.17, 15) is 4.79 Å². The van der Waals surface area contributed by atoms with Crippen LogP contribution in [0.3, 0.4) is 0 Å². The summed E-state index contributed by atoms with van der Waals surface area (Å²) in [6.45, 7) is 10.2. The molecule has 0 saturated carbocycles. The number of aromatic nitrogens is 2. The van der Waals surface area contributed by atoms with E-state index in [0.29, 0.717) is 13.2 Å². The fourth-order valence-electron chi connectivity index (χ4n) is 2.45. The second-order valence-electron chi connectivity index (χ2n) is 5.77. The summed E-state index contributed by atoms with van der Waals surface area (Å²) in [4.78, 5) is 21.5. The van der Waals surface area contributed by atoms with Gasteiger partial charge in [0.05, 0.1) is 19.3 Å². The normalized spacial score (nSPS) is 19.2. The highest BCUT2D eigenvalue weighted by Gasteiger charge is 2.24. The predicted molar refractivity (Wildman–Crippen MR) is 84.1 cm³/mol. The third-order valence-electron chi connectivity index (χ3n) is 3.62. The number of H-pyrrole nitrogens is 1. The van der Waals surface area contributed by atoms with Crippen LogP contribution >= 0.6 is 0 Å². The molecule has 0 spiro atoms. The molecule has 1 aliphatic rings. The minimum atomic E-state index is -0.0875. The maximum Gasteiger partial charge on any atom is 0.252 e. The van der Waals surface area contributed by atoms with Crippen LogP contribution in [0.25, 0.3) is 0 Å². The first-order chi connectivity index (χ1) is 10.1. The zero-order valence-electron chi connectivity index (χ0n) is 13.2. The number of anilines is 1. The van der Waals surface area contributed by atoms with Gasteiger partial charge in [0.1, 0.15) is 11.6 Å². The van der Waals surface area contributed by atoms with E-state index >= 15 is 0 Å². The molecule has 1 atom stereocenters. The van der Waals surface area contributed by atoms with Crippen LogP contribution in [0.2, 0.25) is 0 Å². The van der Waals surface area contributed by atoms with Gasteiger partial charge in [-0.2, -0.15) is 0 Å². The first kappa shape index (κ1) is 16.0. The molecular weight excluding hydrogens is 268 g/mol. The van der Waals surface area contributed by atoms with Crippen molar-refractivity contribution in [3.05, 3.63) is 22.2 Å². The molecule has 6 nitrogen and oxygen atoms in total. The Morgan fingerprint density at radius 2 is 2.38 bits per heavy atom. The lowest BCUT2D eigenvalue weighted by Crippen LogP contribution is -2.51. The van der Waals surface area contributed by atoms with Crippen molar-refractivity contribution < 1.29 is 4.74 Å². The molecule has 0 amide bonds. The third kappa shape index (κ3) is 4.28. The topological polar surface area (TPSA) is 70.2 Å². The van der Waals surface area contributed by atoms with Crippen molar-refractivity contribution in [2.45, 2.75) is 39.2 Å². The van der Waals surface area contributed by atoms with Gasteiger partial charge in [-0.15, -0.1) is 0 Å². The van der Waals surface area contributed by atoms with E-state index in [1.807, 2.05) is 13.8 Å². The molecule has 2 rings (SSSR count). The summed E-state index contributed by atoms with van der Waals surface area (Å²) in [5.74, 6) is 1.70. The van der Waals surface area contributed by atoms with Crippen LogP contribution in [0.1, 0.15) is 38.9 Å². The van der Waals surface area contributed by atoms with E-state index < -0.39 is 0 Å². The van der Waals surface area contributed by atoms with Crippen molar-refractivity contribution >= 4 is 5.82 Å². The van der Waals surface area contributed by atoms with Crippen molar-refractivity contribution in [1.29, 1.82) is 0 Å². The van der Waals surface area contributed by atoms with Gasteiger partial charge in [0.25, 0.3) is 5.56 Å². The van der Waals surface area contributed by atoms with Gasteiger partial charge in [-0.3, -0.25) is 4.79 Å². The second kappa shape index (κ2) is 7.56. The molecule has 0 bridgehead atoms. The highest BCUT2D eigenvalue weighted by atomic mass is 16.5. The van der Waals surface area contributed by atoms with Gasteiger partial charge in [0.15, 0.2) is 0 Å². The quantitative estimate of drug-likeness (QED) is 0.769. The van der Waals surface area contributed by atoms with Crippen molar-refractivity contribution in [2.75, 3.05) is 37.7 Å². The second-order valence-corrected chi connectivity index (χ2v) is 5.77.